The van der Waals surface area contributed by atoms with Gasteiger partial charge in [0.1, 0.15) is 0 Å². The van der Waals surface area contributed by atoms with Crippen LogP contribution in [0.4, 0.5) is 0 Å². The van der Waals surface area contributed by atoms with Crippen molar-refractivity contribution in [2.75, 3.05) is 6.61 Å². The summed E-state index contributed by atoms with van der Waals surface area (Å²) in [5.74, 6) is -0.793. The topological polar surface area (TPSA) is 46.5 Å². The van der Waals surface area contributed by atoms with Crippen LogP contribution < -0.4 is 0 Å². The summed E-state index contributed by atoms with van der Waals surface area (Å²) in [6.07, 6.45) is 2.56. The van der Waals surface area contributed by atoms with Gasteiger partial charge in [-0.3, -0.25) is 4.79 Å². The zero-order valence-corrected chi connectivity index (χ0v) is 8.17. The van der Waals surface area contributed by atoms with Gasteiger partial charge in [0.15, 0.2) is 0 Å². The van der Waals surface area contributed by atoms with E-state index in [9.17, 15) is 4.79 Å². The maximum Gasteiger partial charge on any atom is 0.313 e. The molecule has 1 rings (SSSR count). The molecule has 0 radical (unpaired) electrons. The maximum atomic E-state index is 11.1. The highest BCUT2D eigenvalue weighted by atomic mass is 16.5. The molecule has 1 unspecified atom stereocenters. The Morgan fingerprint density at radius 2 is 2.23 bits per heavy atom. The van der Waals surface area contributed by atoms with E-state index in [1.165, 1.54) is 0 Å². The standard InChI is InChI=1S/C10H16O3/c1-4-10(8(11)12)5-6-13-9(2,3)7-10/h4H,1,5-7H2,2-3H3,(H,11,12). The first-order chi connectivity index (χ1) is 5.92. The van der Waals surface area contributed by atoms with Crippen LogP contribution >= 0.6 is 0 Å². The van der Waals surface area contributed by atoms with Gasteiger partial charge < -0.3 is 9.84 Å². The molecule has 0 bridgehead atoms. The van der Waals surface area contributed by atoms with Crippen LogP contribution in [0.5, 0.6) is 0 Å². The van der Waals surface area contributed by atoms with Crippen molar-refractivity contribution in [3.8, 4) is 0 Å². The molecule has 1 aliphatic heterocycles. The Hall–Kier alpha value is -0.830. The Morgan fingerprint density at radius 1 is 1.62 bits per heavy atom. The number of hydrogen-bond acceptors (Lipinski definition) is 2. The van der Waals surface area contributed by atoms with Gasteiger partial charge in [-0.1, -0.05) is 6.08 Å². The monoisotopic (exact) mass is 184 g/mol. The van der Waals surface area contributed by atoms with E-state index in [0.29, 0.717) is 19.4 Å². The first kappa shape index (κ1) is 10.3. The number of ether oxygens (including phenoxy) is 1. The Labute approximate surface area is 78.4 Å². The molecule has 13 heavy (non-hydrogen) atoms. The molecule has 0 aliphatic carbocycles. The van der Waals surface area contributed by atoms with Gasteiger partial charge in [-0.2, -0.15) is 0 Å². The van der Waals surface area contributed by atoms with E-state index in [0.717, 1.165) is 0 Å². The van der Waals surface area contributed by atoms with Crippen LogP contribution in [0.3, 0.4) is 0 Å². The fourth-order valence-electron chi connectivity index (χ4n) is 1.85. The molecule has 0 spiro atoms. The molecule has 0 aromatic heterocycles. The summed E-state index contributed by atoms with van der Waals surface area (Å²) in [5.41, 5.74) is -1.15. The van der Waals surface area contributed by atoms with E-state index in [2.05, 4.69) is 6.58 Å². The Balaban J connectivity index is 2.88. The molecule has 1 saturated heterocycles. The summed E-state index contributed by atoms with van der Waals surface area (Å²) in [4.78, 5) is 11.1. The highest BCUT2D eigenvalue weighted by Gasteiger charge is 2.44. The number of carbonyl (C=O) groups is 1. The van der Waals surface area contributed by atoms with E-state index in [1.807, 2.05) is 13.8 Å². The number of rotatable bonds is 2. The Bertz CT molecular complexity index is 232. The van der Waals surface area contributed by atoms with Crippen LogP contribution in [0.1, 0.15) is 26.7 Å². The molecular formula is C10H16O3. The van der Waals surface area contributed by atoms with Crippen molar-refractivity contribution in [2.24, 2.45) is 5.41 Å². The molecule has 3 heteroatoms. The molecule has 0 aromatic rings. The van der Waals surface area contributed by atoms with E-state index in [4.69, 9.17) is 9.84 Å². The van der Waals surface area contributed by atoms with Crippen LogP contribution in [-0.4, -0.2) is 23.3 Å². The third kappa shape index (κ3) is 1.91. The third-order valence-electron chi connectivity index (χ3n) is 2.60. The van der Waals surface area contributed by atoms with Gasteiger partial charge in [-0.05, 0) is 26.7 Å². The van der Waals surface area contributed by atoms with Crippen molar-refractivity contribution in [1.29, 1.82) is 0 Å². The summed E-state index contributed by atoms with van der Waals surface area (Å²) in [7, 11) is 0. The van der Waals surface area contributed by atoms with Crippen LogP contribution in [0.25, 0.3) is 0 Å². The Morgan fingerprint density at radius 3 is 2.54 bits per heavy atom. The lowest BCUT2D eigenvalue weighted by molar-refractivity contribution is -0.160. The molecule has 1 aliphatic rings. The van der Waals surface area contributed by atoms with Crippen LogP contribution in [0, 0.1) is 5.41 Å². The second-order valence-corrected chi connectivity index (χ2v) is 4.20. The van der Waals surface area contributed by atoms with E-state index in [1.54, 1.807) is 6.08 Å². The van der Waals surface area contributed by atoms with Gasteiger partial charge in [0, 0.05) is 6.61 Å². The van der Waals surface area contributed by atoms with Crippen molar-refractivity contribution < 1.29 is 14.6 Å². The van der Waals surface area contributed by atoms with Crippen LogP contribution in [0.2, 0.25) is 0 Å². The minimum Gasteiger partial charge on any atom is -0.481 e. The average molecular weight is 184 g/mol. The molecule has 3 nitrogen and oxygen atoms in total. The molecule has 1 N–H and O–H groups in total. The first-order valence-electron chi connectivity index (χ1n) is 4.43. The molecule has 1 heterocycles. The smallest absolute Gasteiger partial charge is 0.313 e. The second kappa shape index (κ2) is 3.14. The lowest BCUT2D eigenvalue weighted by Crippen LogP contribution is -2.44. The van der Waals surface area contributed by atoms with Gasteiger partial charge >= 0.3 is 5.97 Å². The summed E-state index contributed by atoms with van der Waals surface area (Å²) in [5, 5.41) is 9.09. The Kier molecular flexibility index (Phi) is 2.48. The summed E-state index contributed by atoms with van der Waals surface area (Å²) < 4.78 is 5.46. The van der Waals surface area contributed by atoms with Gasteiger partial charge in [0.05, 0.1) is 11.0 Å². The van der Waals surface area contributed by atoms with Crippen LogP contribution in [-0.2, 0) is 9.53 Å². The molecule has 0 aromatic carbocycles. The van der Waals surface area contributed by atoms with Gasteiger partial charge in [0.2, 0.25) is 0 Å². The lowest BCUT2D eigenvalue weighted by atomic mass is 9.74. The fraction of sp³-hybridized carbons (Fsp3) is 0.700. The van der Waals surface area contributed by atoms with Crippen molar-refractivity contribution in [3.05, 3.63) is 12.7 Å². The normalized spacial score (nSPS) is 32.5. The number of hydrogen-bond donors (Lipinski definition) is 1. The molecule has 74 valence electrons. The average Bonchev–Trinajstić information content (AvgIpc) is 2.02. The van der Waals surface area contributed by atoms with Crippen molar-refractivity contribution in [2.45, 2.75) is 32.3 Å². The zero-order chi connectivity index (χ0) is 10.1. The number of carboxylic acid groups (broad SMARTS) is 1. The lowest BCUT2D eigenvalue weighted by Gasteiger charge is -2.40. The molecule has 0 saturated carbocycles. The highest BCUT2D eigenvalue weighted by Crippen LogP contribution is 2.39. The predicted octanol–water partition coefficient (Wildman–Crippen LogP) is 1.83. The summed E-state index contributed by atoms with van der Waals surface area (Å²) in [6.45, 7) is 7.92. The van der Waals surface area contributed by atoms with E-state index < -0.39 is 11.4 Å². The van der Waals surface area contributed by atoms with E-state index >= 15 is 0 Å². The summed E-state index contributed by atoms with van der Waals surface area (Å²) in [6, 6.07) is 0. The second-order valence-electron chi connectivity index (χ2n) is 4.20. The minimum absolute atomic E-state index is 0.356. The number of carboxylic acids is 1. The largest absolute Gasteiger partial charge is 0.481 e. The third-order valence-corrected chi connectivity index (χ3v) is 2.60. The van der Waals surface area contributed by atoms with Crippen molar-refractivity contribution in [1.82, 2.24) is 0 Å². The first-order valence-corrected chi connectivity index (χ1v) is 4.43. The molecule has 1 atom stereocenters. The van der Waals surface area contributed by atoms with Crippen molar-refractivity contribution in [3.63, 3.8) is 0 Å². The number of aliphatic carboxylic acids is 1. The SMILES string of the molecule is C=CC1(C(=O)O)CCOC(C)(C)C1. The van der Waals surface area contributed by atoms with E-state index in [-0.39, 0.29) is 5.60 Å². The molecule has 1 fully saturated rings. The maximum absolute atomic E-state index is 11.1. The quantitative estimate of drug-likeness (QED) is 0.666. The van der Waals surface area contributed by atoms with Gasteiger partial charge in [0.25, 0.3) is 0 Å². The zero-order valence-electron chi connectivity index (χ0n) is 8.17. The van der Waals surface area contributed by atoms with Gasteiger partial charge in [-0.15, -0.1) is 6.58 Å². The van der Waals surface area contributed by atoms with Gasteiger partial charge in [-0.25, -0.2) is 0 Å². The summed E-state index contributed by atoms with van der Waals surface area (Å²) >= 11 is 0. The highest BCUT2D eigenvalue weighted by molar-refractivity contribution is 5.77. The molecular weight excluding hydrogens is 168 g/mol. The van der Waals surface area contributed by atoms with Crippen molar-refractivity contribution >= 4 is 5.97 Å². The fourth-order valence-corrected chi connectivity index (χ4v) is 1.85. The predicted molar refractivity (Wildman–Crippen MR) is 49.5 cm³/mol. The molecule has 0 amide bonds. The minimum atomic E-state index is -0.793. The van der Waals surface area contributed by atoms with Crippen LogP contribution in [0.15, 0.2) is 12.7 Å².